The molecule has 1 fully saturated rings. The van der Waals surface area contributed by atoms with Crippen molar-refractivity contribution in [2.75, 3.05) is 5.73 Å². The highest BCUT2D eigenvalue weighted by molar-refractivity contribution is 5.41. The Morgan fingerprint density at radius 3 is 3.00 bits per heavy atom. The quantitative estimate of drug-likeness (QED) is 0.877. The first-order valence-corrected chi connectivity index (χ1v) is 6.78. The number of nitrogens with zero attached hydrogens (tertiary/aromatic N) is 4. The number of nitrogens with two attached hydrogens (primary N) is 1. The van der Waals surface area contributed by atoms with E-state index in [2.05, 4.69) is 32.2 Å². The van der Waals surface area contributed by atoms with Crippen LogP contribution in [0, 0.1) is 5.92 Å². The van der Waals surface area contributed by atoms with E-state index >= 15 is 0 Å². The van der Waals surface area contributed by atoms with Gasteiger partial charge in [-0.3, -0.25) is 5.10 Å². The smallest absolute Gasteiger partial charge is 0.295 e. The van der Waals surface area contributed by atoms with E-state index in [1.807, 2.05) is 0 Å². The zero-order valence-corrected chi connectivity index (χ0v) is 11.0. The number of nitrogen functional groups attached to an aromatic ring is 1. The second kappa shape index (κ2) is 4.99. The van der Waals surface area contributed by atoms with E-state index in [4.69, 9.17) is 10.3 Å². The largest absolute Gasteiger partial charge is 0.366 e. The van der Waals surface area contributed by atoms with Crippen molar-refractivity contribution in [2.24, 2.45) is 5.92 Å². The SMILES string of the molecule is CCC1CCCC(c2noc(-c3nc(N)n[nH]3)n2)C1. The van der Waals surface area contributed by atoms with E-state index in [-0.39, 0.29) is 5.95 Å². The number of nitrogens with one attached hydrogen (secondary N) is 1. The molecule has 1 aliphatic rings. The molecule has 2 heterocycles. The molecule has 7 heteroatoms. The van der Waals surface area contributed by atoms with Gasteiger partial charge in [0.05, 0.1) is 0 Å². The van der Waals surface area contributed by atoms with Crippen molar-refractivity contribution >= 4 is 5.95 Å². The molecule has 0 saturated heterocycles. The maximum absolute atomic E-state index is 5.46. The van der Waals surface area contributed by atoms with Gasteiger partial charge in [0.25, 0.3) is 5.89 Å². The summed E-state index contributed by atoms with van der Waals surface area (Å²) in [5.41, 5.74) is 5.46. The zero-order valence-electron chi connectivity index (χ0n) is 11.0. The van der Waals surface area contributed by atoms with Gasteiger partial charge in [0.1, 0.15) is 0 Å². The average molecular weight is 262 g/mol. The Bertz CT molecular complexity index is 548. The Hall–Kier alpha value is -1.92. The number of hydrogen-bond acceptors (Lipinski definition) is 6. The molecular formula is C12H18N6O. The van der Waals surface area contributed by atoms with Gasteiger partial charge < -0.3 is 10.3 Å². The summed E-state index contributed by atoms with van der Waals surface area (Å²) in [6.45, 7) is 2.24. The minimum atomic E-state index is 0.179. The minimum absolute atomic E-state index is 0.179. The first kappa shape index (κ1) is 12.1. The second-order valence-corrected chi connectivity index (χ2v) is 5.14. The molecule has 3 rings (SSSR count). The van der Waals surface area contributed by atoms with Crippen molar-refractivity contribution in [1.82, 2.24) is 25.3 Å². The number of hydrogen-bond donors (Lipinski definition) is 2. The van der Waals surface area contributed by atoms with Crippen LogP contribution < -0.4 is 5.73 Å². The average Bonchev–Trinajstić information content (AvgIpc) is 3.07. The second-order valence-electron chi connectivity index (χ2n) is 5.14. The molecule has 1 saturated carbocycles. The number of rotatable bonds is 3. The molecule has 2 aromatic rings. The van der Waals surface area contributed by atoms with Gasteiger partial charge in [-0.15, -0.1) is 5.10 Å². The number of aromatic nitrogens is 5. The molecule has 7 nitrogen and oxygen atoms in total. The molecule has 0 aliphatic heterocycles. The van der Waals surface area contributed by atoms with E-state index < -0.39 is 0 Å². The summed E-state index contributed by atoms with van der Waals surface area (Å²) < 4.78 is 5.24. The van der Waals surface area contributed by atoms with Crippen LogP contribution in [-0.2, 0) is 0 Å². The van der Waals surface area contributed by atoms with Crippen molar-refractivity contribution in [3.05, 3.63) is 5.82 Å². The van der Waals surface area contributed by atoms with Crippen LogP contribution in [-0.4, -0.2) is 25.3 Å². The van der Waals surface area contributed by atoms with Crippen molar-refractivity contribution in [2.45, 2.75) is 44.9 Å². The van der Waals surface area contributed by atoms with E-state index in [0.717, 1.165) is 24.6 Å². The molecule has 0 radical (unpaired) electrons. The number of aromatic amines is 1. The Balaban J connectivity index is 1.77. The molecule has 0 spiro atoms. The predicted molar refractivity (Wildman–Crippen MR) is 69.1 cm³/mol. The van der Waals surface area contributed by atoms with E-state index in [9.17, 15) is 0 Å². The molecule has 2 unspecified atom stereocenters. The standard InChI is InChI=1S/C12H18N6O/c1-2-7-4-3-5-8(6-7)9-14-11(19-18-9)10-15-12(13)17-16-10/h7-8H,2-6H2,1H3,(H3,13,15,16,17). The monoisotopic (exact) mass is 262 g/mol. The van der Waals surface area contributed by atoms with Crippen LogP contribution in [0.1, 0.15) is 50.8 Å². The minimum Gasteiger partial charge on any atom is -0.366 e. The number of anilines is 1. The predicted octanol–water partition coefficient (Wildman–Crippen LogP) is 2.12. The van der Waals surface area contributed by atoms with Gasteiger partial charge >= 0.3 is 0 Å². The first-order valence-electron chi connectivity index (χ1n) is 6.78. The lowest BCUT2D eigenvalue weighted by Gasteiger charge is -2.26. The van der Waals surface area contributed by atoms with Gasteiger partial charge in [-0.1, -0.05) is 31.3 Å². The van der Waals surface area contributed by atoms with Crippen LogP contribution in [0.3, 0.4) is 0 Å². The Labute approximate surface area is 111 Å². The summed E-state index contributed by atoms with van der Waals surface area (Å²) in [6, 6.07) is 0. The fourth-order valence-corrected chi connectivity index (χ4v) is 2.76. The van der Waals surface area contributed by atoms with Crippen molar-refractivity contribution in [1.29, 1.82) is 0 Å². The summed E-state index contributed by atoms with van der Waals surface area (Å²) in [4.78, 5) is 8.40. The van der Waals surface area contributed by atoms with E-state index in [1.165, 1.54) is 19.3 Å². The first-order chi connectivity index (χ1) is 9.26. The van der Waals surface area contributed by atoms with Gasteiger partial charge in [0, 0.05) is 5.92 Å². The summed E-state index contributed by atoms with van der Waals surface area (Å²) in [7, 11) is 0. The maximum atomic E-state index is 5.46. The highest BCUT2D eigenvalue weighted by Crippen LogP contribution is 2.36. The van der Waals surface area contributed by atoms with Crippen molar-refractivity contribution in [3.63, 3.8) is 0 Å². The Kier molecular flexibility index (Phi) is 3.18. The molecular weight excluding hydrogens is 244 g/mol. The third kappa shape index (κ3) is 2.45. The summed E-state index contributed by atoms with van der Waals surface area (Å²) in [6.07, 6.45) is 6.06. The summed E-state index contributed by atoms with van der Waals surface area (Å²) >= 11 is 0. The molecule has 1 aliphatic carbocycles. The maximum Gasteiger partial charge on any atom is 0.295 e. The molecule has 0 amide bonds. The summed E-state index contributed by atoms with van der Waals surface area (Å²) in [5.74, 6) is 2.93. The third-order valence-electron chi connectivity index (χ3n) is 3.87. The van der Waals surface area contributed by atoms with Crippen LogP contribution in [0.2, 0.25) is 0 Å². The van der Waals surface area contributed by atoms with Crippen LogP contribution in [0.25, 0.3) is 11.7 Å². The van der Waals surface area contributed by atoms with Crippen LogP contribution in [0.5, 0.6) is 0 Å². The lowest BCUT2D eigenvalue weighted by atomic mass is 9.80. The lowest BCUT2D eigenvalue weighted by molar-refractivity contribution is 0.300. The zero-order chi connectivity index (χ0) is 13.2. The van der Waals surface area contributed by atoms with Gasteiger partial charge in [0.2, 0.25) is 11.8 Å². The molecule has 19 heavy (non-hydrogen) atoms. The van der Waals surface area contributed by atoms with Crippen LogP contribution in [0.4, 0.5) is 5.95 Å². The lowest BCUT2D eigenvalue weighted by Crippen LogP contribution is -2.14. The Morgan fingerprint density at radius 2 is 2.26 bits per heavy atom. The third-order valence-corrected chi connectivity index (χ3v) is 3.87. The van der Waals surface area contributed by atoms with E-state index in [1.54, 1.807) is 0 Å². The topological polar surface area (TPSA) is 107 Å². The van der Waals surface area contributed by atoms with Gasteiger partial charge in [-0.2, -0.15) is 9.97 Å². The molecule has 3 N–H and O–H groups in total. The van der Waals surface area contributed by atoms with Crippen LogP contribution >= 0.6 is 0 Å². The highest BCUT2D eigenvalue weighted by Gasteiger charge is 2.26. The van der Waals surface area contributed by atoms with Gasteiger partial charge in [-0.25, -0.2) is 0 Å². The van der Waals surface area contributed by atoms with E-state index in [0.29, 0.717) is 17.6 Å². The fourth-order valence-electron chi connectivity index (χ4n) is 2.76. The van der Waals surface area contributed by atoms with Gasteiger partial charge in [0.15, 0.2) is 5.82 Å². The Morgan fingerprint density at radius 1 is 1.37 bits per heavy atom. The van der Waals surface area contributed by atoms with Gasteiger partial charge in [-0.05, 0) is 18.8 Å². The highest BCUT2D eigenvalue weighted by atomic mass is 16.5. The summed E-state index contributed by atoms with van der Waals surface area (Å²) in [5, 5.41) is 10.5. The van der Waals surface area contributed by atoms with Crippen LogP contribution in [0.15, 0.2) is 4.52 Å². The number of H-pyrrole nitrogens is 1. The normalized spacial score (nSPS) is 23.6. The molecule has 102 valence electrons. The molecule has 2 aromatic heterocycles. The van der Waals surface area contributed by atoms with Crippen molar-refractivity contribution in [3.8, 4) is 11.7 Å². The molecule has 0 bridgehead atoms. The fraction of sp³-hybridized carbons (Fsp3) is 0.667. The molecule has 0 aromatic carbocycles. The van der Waals surface area contributed by atoms with Crippen molar-refractivity contribution < 1.29 is 4.52 Å². The molecule has 2 atom stereocenters.